The Morgan fingerprint density at radius 1 is 0.576 bits per heavy atom. The molecule has 2 N–H and O–H groups in total. The maximum atomic E-state index is 6.12. The fourth-order valence-electron chi connectivity index (χ4n) is 3.47. The summed E-state index contributed by atoms with van der Waals surface area (Å²) in [6, 6.07) is 25.4. The van der Waals surface area contributed by atoms with Gasteiger partial charge in [0.15, 0.2) is 0 Å². The highest BCUT2D eigenvalue weighted by Crippen LogP contribution is 2.21. The Morgan fingerprint density at radius 3 is 1.94 bits per heavy atom. The molecule has 0 saturated heterocycles. The predicted molar refractivity (Wildman–Crippen MR) is 137 cm³/mol. The second-order valence-electron chi connectivity index (χ2n) is 7.72. The zero-order chi connectivity index (χ0) is 22.9. The Balaban J connectivity index is 1.41. The largest absolute Gasteiger partial charge is 0.324 e. The van der Waals surface area contributed by atoms with Crippen molar-refractivity contribution in [1.82, 2.24) is 15.0 Å². The molecule has 0 atom stereocenters. The molecule has 0 unspecified atom stereocenters. The highest BCUT2D eigenvalue weighted by molar-refractivity contribution is 6.31. The molecule has 3 aromatic carbocycles. The Labute approximate surface area is 204 Å². The first-order valence-corrected chi connectivity index (χ1v) is 11.7. The van der Waals surface area contributed by atoms with Crippen molar-refractivity contribution in [2.45, 2.75) is 32.1 Å². The number of halogens is 2. The number of hydrogen-bond donors (Lipinski definition) is 2. The van der Waals surface area contributed by atoms with Crippen molar-refractivity contribution in [2.24, 2.45) is 0 Å². The van der Waals surface area contributed by atoms with Crippen molar-refractivity contribution in [3.8, 4) is 0 Å². The Morgan fingerprint density at radius 2 is 1.21 bits per heavy atom. The molecule has 0 saturated carbocycles. The summed E-state index contributed by atoms with van der Waals surface area (Å²) in [5.41, 5.74) is 3.02. The summed E-state index contributed by atoms with van der Waals surface area (Å²) >= 11 is 12.2. The number of benzene rings is 3. The molecule has 0 aliphatic rings. The van der Waals surface area contributed by atoms with Crippen LogP contribution in [0.4, 0.5) is 23.3 Å². The number of aromatic nitrogens is 3. The van der Waals surface area contributed by atoms with E-state index in [2.05, 4.69) is 31.7 Å². The van der Waals surface area contributed by atoms with Gasteiger partial charge in [-0.3, -0.25) is 0 Å². The third-order valence-electron chi connectivity index (χ3n) is 5.05. The highest BCUT2D eigenvalue weighted by atomic mass is 35.5. The van der Waals surface area contributed by atoms with Gasteiger partial charge in [-0.05, 0) is 67.3 Å². The zero-order valence-electron chi connectivity index (χ0n) is 18.1. The van der Waals surface area contributed by atoms with Crippen LogP contribution in [0.2, 0.25) is 10.0 Å². The van der Waals surface area contributed by atoms with Crippen molar-refractivity contribution in [2.75, 3.05) is 10.6 Å². The van der Waals surface area contributed by atoms with Crippen molar-refractivity contribution < 1.29 is 0 Å². The molecular weight excluding hydrogens is 453 g/mol. The van der Waals surface area contributed by atoms with E-state index in [1.54, 1.807) is 0 Å². The minimum atomic E-state index is 0.486. The number of nitrogens with one attached hydrogen (secondary N) is 2. The molecule has 5 nitrogen and oxygen atoms in total. The van der Waals surface area contributed by atoms with Crippen LogP contribution in [-0.2, 0) is 12.8 Å². The van der Waals surface area contributed by atoms with E-state index < -0.39 is 0 Å². The summed E-state index contributed by atoms with van der Waals surface area (Å²) in [5.74, 6) is 1.74. The van der Waals surface area contributed by atoms with Crippen LogP contribution >= 0.6 is 23.2 Å². The van der Waals surface area contributed by atoms with Gasteiger partial charge >= 0.3 is 0 Å². The molecule has 0 amide bonds. The average molecular weight is 478 g/mol. The van der Waals surface area contributed by atoms with Gasteiger partial charge in [0.25, 0.3) is 0 Å². The summed E-state index contributed by atoms with van der Waals surface area (Å²) < 4.78 is 0. The normalized spacial score (nSPS) is 10.7. The standard InChI is InChI=1S/C26H25Cl2N5/c27-20-11-7-10-19(17-20)9-3-1-6-16-24-31-25(29-22-13-4-2-5-14-22)33-26(32-24)30-23-15-8-12-21(28)18-23/h2,4-5,7-8,10-15,17-18H,1,3,6,9,16H2,(H2,29,30,31,32,33). The van der Waals surface area contributed by atoms with Gasteiger partial charge in [0, 0.05) is 27.8 Å². The second-order valence-corrected chi connectivity index (χ2v) is 8.59. The predicted octanol–water partition coefficient (Wildman–Crippen LogP) is 7.62. The molecule has 0 aliphatic heterocycles. The van der Waals surface area contributed by atoms with Crippen molar-refractivity contribution in [3.05, 3.63) is 100 Å². The zero-order valence-corrected chi connectivity index (χ0v) is 19.7. The summed E-state index contributed by atoms with van der Waals surface area (Å²) in [5, 5.41) is 7.95. The topological polar surface area (TPSA) is 62.7 Å². The SMILES string of the molecule is Clc1cccc(CCCCCc2nc(Nc3ccccc3)nc(Nc3cccc(Cl)c3)n2)c1. The third-order valence-corrected chi connectivity index (χ3v) is 5.52. The minimum absolute atomic E-state index is 0.486. The van der Waals surface area contributed by atoms with Crippen LogP contribution in [0.5, 0.6) is 0 Å². The lowest BCUT2D eigenvalue weighted by molar-refractivity contribution is 0.661. The molecule has 0 spiro atoms. The first kappa shape index (κ1) is 23.0. The van der Waals surface area contributed by atoms with Gasteiger partial charge in [-0.25, -0.2) is 0 Å². The van der Waals surface area contributed by atoms with Gasteiger partial charge in [-0.15, -0.1) is 0 Å². The summed E-state index contributed by atoms with van der Waals surface area (Å²) in [7, 11) is 0. The van der Waals surface area contributed by atoms with Gasteiger partial charge in [-0.2, -0.15) is 15.0 Å². The first-order valence-electron chi connectivity index (χ1n) is 11.0. The number of aryl methyl sites for hydroxylation is 2. The van der Waals surface area contributed by atoms with Crippen LogP contribution < -0.4 is 10.6 Å². The van der Waals surface area contributed by atoms with Crippen LogP contribution in [0.3, 0.4) is 0 Å². The second kappa shape index (κ2) is 11.6. The average Bonchev–Trinajstić information content (AvgIpc) is 2.79. The van der Waals surface area contributed by atoms with E-state index in [1.165, 1.54) is 5.56 Å². The first-order chi connectivity index (χ1) is 16.1. The van der Waals surface area contributed by atoms with E-state index in [0.29, 0.717) is 16.9 Å². The number of unbranched alkanes of at least 4 members (excludes halogenated alkanes) is 2. The summed E-state index contributed by atoms with van der Waals surface area (Å²) in [4.78, 5) is 13.8. The Bertz CT molecular complexity index is 1180. The van der Waals surface area contributed by atoms with E-state index in [0.717, 1.165) is 54.3 Å². The molecule has 33 heavy (non-hydrogen) atoms. The van der Waals surface area contributed by atoms with Crippen LogP contribution in [-0.4, -0.2) is 15.0 Å². The van der Waals surface area contributed by atoms with Gasteiger partial charge in [-0.1, -0.05) is 66.0 Å². The molecule has 7 heteroatoms. The number of para-hydroxylation sites is 1. The van der Waals surface area contributed by atoms with Gasteiger partial charge in [0.1, 0.15) is 5.82 Å². The van der Waals surface area contributed by atoms with Crippen molar-refractivity contribution >= 4 is 46.5 Å². The lowest BCUT2D eigenvalue weighted by Crippen LogP contribution is -2.07. The monoisotopic (exact) mass is 477 g/mol. The van der Waals surface area contributed by atoms with E-state index >= 15 is 0 Å². The maximum absolute atomic E-state index is 6.12. The van der Waals surface area contributed by atoms with Crippen molar-refractivity contribution in [1.29, 1.82) is 0 Å². The van der Waals surface area contributed by atoms with Gasteiger partial charge in [0.05, 0.1) is 0 Å². The van der Waals surface area contributed by atoms with Gasteiger partial charge < -0.3 is 10.6 Å². The molecular formula is C26H25Cl2N5. The molecule has 4 rings (SSSR count). The molecule has 0 radical (unpaired) electrons. The number of nitrogens with zero attached hydrogens (tertiary/aromatic N) is 3. The minimum Gasteiger partial charge on any atom is -0.324 e. The van der Waals surface area contributed by atoms with E-state index in [4.69, 9.17) is 23.2 Å². The van der Waals surface area contributed by atoms with E-state index in [-0.39, 0.29) is 0 Å². The molecule has 0 fully saturated rings. The molecule has 1 heterocycles. The fraction of sp³-hybridized carbons (Fsp3) is 0.192. The van der Waals surface area contributed by atoms with Gasteiger partial charge in [0.2, 0.25) is 11.9 Å². The van der Waals surface area contributed by atoms with Crippen molar-refractivity contribution in [3.63, 3.8) is 0 Å². The number of anilines is 4. The smallest absolute Gasteiger partial charge is 0.232 e. The Kier molecular flexibility index (Phi) is 8.12. The summed E-state index contributed by atoms with van der Waals surface area (Å²) in [6.45, 7) is 0. The third kappa shape index (κ3) is 7.45. The van der Waals surface area contributed by atoms with Crippen LogP contribution in [0.1, 0.15) is 30.7 Å². The van der Waals surface area contributed by atoms with E-state index in [1.807, 2.05) is 72.8 Å². The highest BCUT2D eigenvalue weighted by Gasteiger charge is 2.08. The molecule has 0 aliphatic carbocycles. The fourth-order valence-corrected chi connectivity index (χ4v) is 3.87. The molecule has 4 aromatic rings. The lowest BCUT2D eigenvalue weighted by Gasteiger charge is -2.11. The summed E-state index contributed by atoms with van der Waals surface area (Å²) in [6.07, 6.45) is 4.95. The molecule has 168 valence electrons. The quantitative estimate of drug-likeness (QED) is 0.230. The van der Waals surface area contributed by atoms with Crippen LogP contribution in [0.15, 0.2) is 78.9 Å². The Hall–Kier alpha value is -3.15. The van der Waals surface area contributed by atoms with Crippen LogP contribution in [0, 0.1) is 0 Å². The molecule has 0 bridgehead atoms. The van der Waals surface area contributed by atoms with Crippen LogP contribution in [0.25, 0.3) is 0 Å². The van der Waals surface area contributed by atoms with E-state index in [9.17, 15) is 0 Å². The number of rotatable bonds is 10. The maximum Gasteiger partial charge on any atom is 0.232 e. The number of hydrogen-bond acceptors (Lipinski definition) is 5. The molecule has 1 aromatic heterocycles. The lowest BCUT2D eigenvalue weighted by atomic mass is 10.1.